The molecule has 0 aromatic heterocycles. The highest BCUT2D eigenvalue weighted by molar-refractivity contribution is 6.30. The van der Waals surface area contributed by atoms with Gasteiger partial charge in [-0.05, 0) is 23.6 Å². The molecule has 2 rings (SSSR count). The molecule has 1 amide bonds. The lowest BCUT2D eigenvalue weighted by molar-refractivity contribution is -0.118. The molecule has 3 nitrogen and oxygen atoms in total. The lowest BCUT2D eigenvalue weighted by Crippen LogP contribution is -2.32. The van der Waals surface area contributed by atoms with Gasteiger partial charge in [-0.2, -0.15) is 0 Å². The van der Waals surface area contributed by atoms with E-state index in [1.165, 1.54) is 0 Å². The fraction of sp³-hybridized carbons (Fsp3) is 0.400. The molecule has 1 atom stereocenters. The third-order valence-electron chi connectivity index (χ3n) is 3.19. The van der Waals surface area contributed by atoms with Gasteiger partial charge in [0.2, 0.25) is 0 Å². The molecule has 0 saturated heterocycles. The first-order valence-electron chi connectivity index (χ1n) is 6.45. The molecule has 0 bridgehead atoms. The van der Waals surface area contributed by atoms with Gasteiger partial charge < -0.3 is 10.1 Å². The third-order valence-corrected chi connectivity index (χ3v) is 3.44. The molecule has 0 fully saturated rings. The van der Waals surface area contributed by atoms with Crippen molar-refractivity contribution in [3.63, 3.8) is 0 Å². The van der Waals surface area contributed by atoms with Crippen LogP contribution in [-0.4, -0.2) is 12.5 Å². The molecule has 1 aliphatic rings. The highest BCUT2D eigenvalue weighted by Crippen LogP contribution is 2.24. The Bertz CT molecular complexity index is 479. The van der Waals surface area contributed by atoms with Crippen LogP contribution in [0.1, 0.15) is 31.9 Å². The number of carbonyl (C=O) groups excluding carboxylic acids is 1. The lowest BCUT2D eigenvalue weighted by Gasteiger charge is -2.23. The molecule has 1 aliphatic heterocycles. The van der Waals surface area contributed by atoms with Crippen LogP contribution in [0.15, 0.2) is 36.1 Å². The molecular formula is C15H18ClNO2. The van der Waals surface area contributed by atoms with E-state index < -0.39 is 0 Å². The first-order valence-corrected chi connectivity index (χ1v) is 6.82. The molecule has 0 unspecified atom stereocenters. The Balaban J connectivity index is 2.12. The van der Waals surface area contributed by atoms with E-state index in [0.29, 0.717) is 29.5 Å². The standard InChI is InChI=1S/C15H18ClNO2/c1-10(2)14(11-3-5-13(16)6-4-11)17-15(18)12-7-8-19-9-12/h3-6,9-10,14H,7-8H2,1-2H3,(H,17,18)/t14-/m1/s1. The van der Waals surface area contributed by atoms with Crippen LogP contribution in [0.4, 0.5) is 0 Å². The lowest BCUT2D eigenvalue weighted by atomic mass is 9.95. The number of benzene rings is 1. The zero-order valence-corrected chi connectivity index (χ0v) is 11.9. The van der Waals surface area contributed by atoms with Gasteiger partial charge in [-0.1, -0.05) is 37.6 Å². The molecule has 0 spiro atoms. The molecule has 1 N–H and O–H groups in total. The maximum Gasteiger partial charge on any atom is 0.250 e. The molecule has 0 aliphatic carbocycles. The SMILES string of the molecule is CC(C)[C@@H](NC(=O)C1=COCC1)c1ccc(Cl)cc1. The Kier molecular flexibility index (Phi) is 4.48. The van der Waals surface area contributed by atoms with Gasteiger partial charge in [0.25, 0.3) is 5.91 Å². The number of halogens is 1. The summed E-state index contributed by atoms with van der Waals surface area (Å²) in [5.41, 5.74) is 1.77. The van der Waals surface area contributed by atoms with Gasteiger partial charge in [-0.25, -0.2) is 0 Å². The van der Waals surface area contributed by atoms with Crippen LogP contribution >= 0.6 is 11.6 Å². The normalized spacial score (nSPS) is 15.9. The van der Waals surface area contributed by atoms with Crippen molar-refractivity contribution >= 4 is 17.5 Å². The Morgan fingerprint density at radius 3 is 2.53 bits per heavy atom. The number of rotatable bonds is 4. The maximum absolute atomic E-state index is 12.1. The van der Waals surface area contributed by atoms with E-state index in [1.807, 2.05) is 24.3 Å². The topological polar surface area (TPSA) is 38.3 Å². The van der Waals surface area contributed by atoms with E-state index in [4.69, 9.17) is 16.3 Å². The van der Waals surface area contributed by atoms with Gasteiger partial charge in [0.15, 0.2) is 0 Å². The van der Waals surface area contributed by atoms with Crippen molar-refractivity contribution in [2.45, 2.75) is 26.3 Å². The minimum absolute atomic E-state index is 0.0220. The van der Waals surface area contributed by atoms with Crippen LogP contribution in [0.2, 0.25) is 5.02 Å². The van der Waals surface area contributed by atoms with Crippen LogP contribution in [0.3, 0.4) is 0 Å². The Labute approximate surface area is 118 Å². The van der Waals surface area contributed by atoms with E-state index in [-0.39, 0.29) is 11.9 Å². The average Bonchev–Trinajstić information content (AvgIpc) is 2.90. The van der Waals surface area contributed by atoms with Crippen molar-refractivity contribution in [3.8, 4) is 0 Å². The largest absolute Gasteiger partial charge is 0.500 e. The van der Waals surface area contributed by atoms with Gasteiger partial charge in [0.05, 0.1) is 24.5 Å². The summed E-state index contributed by atoms with van der Waals surface area (Å²) in [6.45, 7) is 4.76. The number of nitrogens with one attached hydrogen (secondary N) is 1. The van der Waals surface area contributed by atoms with Crippen molar-refractivity contribution in [2.75, 3.05) is 6.61 Å². The molecule has 0 saturated carbocycles. The van der Waals surface area contributed by atoms with Crippen LogP contribution in [0.5, 0.6) is 0 Å². The zero-order valence-electron chi connectivity index (χ0n) is 11.2. The number of carbonyl (C=O) groups is 1. The molecule has 19 heavy (non-hydrogen) atoms. The van der Waals surface area contributed by atoms with Gasteiger partial charge in [-0.3, -0.25) is 4.79 Å². The average molecular weight is 280 g/mol. The van der Waals surface area contributed by atoms with Crippen molar-refractivity contribution in [1.82, 2.24) is 5.32 Å². The van der Waals surface area contributed by atoms with Gasteiger partial charge >= 0.3 is 0 Å². The number of ether oxygens (including phenoxy) is 1. The zero-order chi connectivity index (χ0) is 13.8. The molecule has 4 heteroatoms. The Morgan fingerprint density at radius 1 is 1.32 bits per heavy atom. The highest BCUT2D eigenvalue weighted by atomic mass is 35.5. The monoisotopic (exact) mass is 279 g/mol. The molecule has 0 radical (unpaired) electrons. The van der Waals surface area contributed by atoms with E-state index in [1.54, 1.807) is 6.26 Å². The van der Waals surface area contributed by atoms with Gasteiger partial charge in [-0.15, -0.1) is 0 Å². The second-order valence-corrected chi connectivity index (χ2v) is 5.45. The third kappa shape index (κ3) is 3.51. The van der Waals surface area contributed by atoms with E-state index >= 15 is 0 Å². The first kappa shape index (κ1) is 13.9. The van der Waals surface area contributed by atoms with Crippen LogP contribution < -0.4 is 5.32 Å². The van der Waals surface area contributed by atoms with Crippen LogP contribution in [-0.2, 0) is 9.53 Å². The molecule has 1 heterocycles. The number of hydrogen-bond acceptors (Lipinski definition) is 2. The summed E-state index contributed by atoms with van der Waals surface area (Å²) in [5, 5.41) is 3.76. The smallest absolute Gasteiger partial charge is 0.250 e. The summed E-state index contributed by atoms with van der Waals surface area (Å²) in [5.74, 6) is 0.249. The van der Waals surface area contributed by atoms with Crippen molar-refractivity contribution in [1.29, 1.82) is 0 Å². The number of hydrogen-bond donors (Lipinski definition) is 1. The van der Waals surface area contributed by atoms with Crippen LogP contribution in [0.25, 0.3) is 0 Å². The second-order valence-electron chi connectivity index (χ2n) is 5.01. The highest BCUT2D eigenvalue weighted by Gasteiger charge is 2.22. The van der Waals surface area contributed by atoms with E-state index in [0.717, 1.165) is 5.56 Å². The first-order chi connectivity index (χ1) is 9.08. The maximum atomic E-state index is 12.1. The quantitative estimate of drug-likeness (QED) is 0.917. The van der Waals surface area contributed by atoms with Crippen molar-refractivity contribution in [2.24, 2.45) is 5.92 Å². The predicted octanol–water partition coefficient (Wildman–Crippen LogP) is 3.46. The summed E-state index contributed by atoms with van der Waals surface area (Å²) >= 11 is 5.89. The van der Waals surface area contributed by atoms with Crippen molar-refractivity contribution < 1.29 is 9.53 Å². The number of amides is 1. The Hall–Kier alpha value is -1.48. The second kappa shape index (κ2) is 6.11. The molecule has 1 aromatic carbocycles. The summed E-state index contributed by atoms with van der Waals surface area (Å²) < 4.78 is 5.10. The predicted molar refractivity (Wildman–Crippen MR) is 75.8 cm³/mol. The van der Waals surface area contributed by atoms with Gasteiger partial charge in [0, 0.05) is 11.4 Å². The Morgan fingerprint density at radius 2 is 2.00 bits per heavy atom. The van der Waals surface area contributed by atoms with Gasteiger partial charge in [0.1, 0.15) is 0 Å². The minimum atomic E-state index is -0.0499. The summed E-state index contributed by atoms with van der Waals surface area (Å²) in [6.07, 6.45) is 2.23. The summed E-state index contributed by atoms with van der Waals surface area (Å²) in [6, 6.07) is 7.57. The summed E-state index contributed by atoms with van der Waals surface area (Å²) in [4.78, 5) is 12.1. The van der Waals surface area contributed by atoms with E-state index in [2.05, 4.69) is 19.2 Å². The molecule has 102 valence electrons. The molecule has 1 aromatic rings. The summed E-state index contributed by atoms with van der Waals surface area (Å²) in [7, 11) is 0. The van der Waals surface area contributed by atoms with E-state index in [9.17, 15) is 4.79 Å². The minimum Gasteiger partial charge on any atom is -0.500 e. The fourth-order valence-electron chi connectivity index (χ4n) is 2.09. The fourth-order valence-corrected chi connectivity index (χ4v) is 2.22. The molecular weight excluding hydrogens is 262 g/mol. The van der Waals surface area contributed by atoms with Crippen molar-refractivity contribution in [3.05, 3.63) is 46.7 Å². The van der Waals surface area contributed by atoms with Crippen LogP contribution in [0, 0.1) is 5.92 Å².